The first-order valence-electron chi connectivity index (χ1n) is 6.53. The highest BCUT2D eigenvalue weighted by Gasteiger charge is 2.22. The van der Waals surface area contributed by atoms with Gasteiger partial charge in [0.15, 0.2) is 0 Å². The van der Waals surface area contributed by atoms with Crippen LogP contribution in [0.15, 0.2) is 18.2 Å². The summed E-state index contributed by atoms with van der Waals surface area (Å²) >= 11 is 13.5. The van der Waals surface area contributed by atoms with Crippen molar-refractivity contribution in [2.24, 2.45) is 0 Å². The Kier molecular flexibility index (Phi) is 5.14. The second kappa shape index (κ2) is 6.69. The van der Waals surface area contributed by atoms with Crippen LogP contribution < -0.4 is 5.73 Å². The highest BCUT2D eigenvalue weighted by molar-refractivity contribution is 7.18. The predicted octanol–water partition coefficient (Wildman–Crippen LogP) is 5.04. The lowest BCUT2D eigenvalue weighted by Crippen LogP contribution is -2.05. The van der Waals surface area contributed by atoms with Crippen LogP contribution in [0.4, 0.5) is 5.69 Å². The number of benzene rings is 1. The van der Waals surface area contributed by atoms with Crippen LogP contribution >= 0.6 is 34.5 Å². The van der Waals surface area contributed by atoms with Crippen LogP contribution in [-0.2, 0) is 11.2 Å². The highest BCUT2D eigenvalue weighted by atomic mass is 35.5. The van der Waals surface area contributed by atoms with Gasteiger partial charge in [-0.25, -0.2) is 4.79 Å². The average Bonchev–Trinajstić information content (AvgIpc) is 2.76. The van der Waals surface area contributed by atoms with E-state index >= 15 is 0 Å². The van der Waals surface area contributed by atoms with Gasteiger partial charge >= 0.3 is 5.97 Å². The molecule has 0 spiro atoms. The number of hydrogen-bond donors (Lipinski definition) is 1. The molecule has 0 amide bonds. The lowest BCUT2D eigenvalue weighted by molar-refractivity contribution is 0.0533. The van der Waals surface area contributed by atoms with Crippen LogP contribution in [0.5, 0.6) is 0 Å². The number of hydrogen-bond acceptors (Lipinski definition) is 4. The Morgan fingerprint density at radius 1 is 1.33 bits per heavy atom. The van der Waals surface area contributed by atoms with Crippen LogP contribution in [0.1, 0.15) is 29.1 Å². The third kappa shape index (κ3) is 3.18. The van der Waals surface area contributed by atoms with E-state index in [2.05, 4.69) is 0 Å². The number of rotatable bonds is 4. The molecule has 0 radical (unpaired) electrons. The fourth-order valence-corrected chi connectivity index (χ4v) is 3.87. The summed E-state index contributed by atoms with van der Waals surface area (Å²) in [6.07, 6.45) is 0.704. The molecular weight excluding hydrogens is 329 g/mol. The molecule has 0 saturated carbocycles. The molecule has 112 valence electrons. The zero-order valence-corrected chi connectivity index (χ0v) is 14.0. The molecule has 1 heterocycles. The molecule has 0 atom stereocenters. The van der Waals surface area contributed by atoms with Gasteiger partial charge in [0.2, 0.25) is 0 Å². The molecule has 0 saturated heterocycles. The van der Waals surface area contributed by atoms with Crippen LogP contribution in [-0.4, -0.2) is 12.6 Å². The van der Waals surface area contributed by atoms with Gasteiger partial charge in [0.1, 0.15) is 4.88 Å². The van der Waals surface area contributed by atoms with Gasteiger partial charge in [-0.2, -0.15) is 0 Å². The molecule has 2 aromatic rings. The summed E-state index contributed by atoms with van der Waals surface area (Å²) in [4.78, 5) is 13.3. The van der Waals surface area contributed by atoms with Gasteiger partial charge in [-0.05, 0) is 31.0 Å². The first-order chi connectivity index (χ1) is 9.99. The lowest BCUT2D eigenvalue weighted by atomic mass is 10.1. The quantitative estimate of drug-likeness (QED) is 0.790. The molecule has 0 aliphatic rings. The number of halogens is 2. The molecule has 0 aliphatic carbocycles. The van der Waals surface area contributed by atoms with E-state index in [1.54, 1.807) is 19.1 Å². The van der Waals surface area contributed by atoms with Gasteiger partial charge in [-0.3, -0.25) is 0 Å². The third-order valence-corrected chi connectivity index (χ3v) is 4.85. The molecule has 0 aliphatic heterocycles. The monoisotopic (exact) mass is 343 g/mol. The maximum atomic E-state index is 12.0. The summed E-state index contributed by atoms with van der Waals surface area (Å²) in [5, 5.41) is 1.10. The normalized spacial score (nSPS) is 10.7. The molecule has 0 unspecified atom stereocenters. The van der Waals surface area contributed by atoms with Gasteiger partial charge in [0.05, 0.1) is 17.3 Å². The Bertz CT molecular complexity index is 683. The topological polar surface area (TPSA) is 52.3 Å². The first-order valence-corrected chi connectivity index (χ1v) is 8.10. The van der Waals surface area contributed by atoms with Crippen LogP contribution in [0.25, 0.3) is 10.4 Å². The van der Waals surface area contributed by atoms with E-state index in [-0.39, 0.29) is 0 Å². The van der Waals surface area contributed by atoms with Crippen molar-refractivity contribution in [1.29, 1.82) is 0 Å². The van der Waals surface area contributed by atoms with E-state index < -0.39 is 5.97 Å². The Morgan fingerprint density at radius 3 is 2.62 bits per heavy atom. The molecule has 1 aromatic carbocycles. The van der Waals surface area contributed by atoms with E-state index in [9.17, 15) is 4.79 Å². The van der Waals surface area contributed by atoms with Crippen LogP contribution in [0.2, 0.25) is 10.0 Å². The maximum absolute atomic E-state index is 12.0. The van der Waals surface area contributed by atoms with Crippen molar-refractivity contribution in [3.63, 3.8) is 0 Å². The summed E-state index contributed by atoms with van der Waals surface area (Å²) in [6.45, 7) is 4.06. The molecule has 0 bridgehead atoms. The number of carbonyl (C=O) groups is 1. The van der Waals surface area contributed by atoms with Crippen molar-refractivity contribution < 1.29 is 9.53 Å². The van der Waals surface area contributed by atoms with Gasteiger partial charge in [0, 0.05) is 15.5 Å². The maximum Gasteiger partial charge on any atom is 0.350 e. The van der Waals surface area contributed by atoms with Gasteiger partial charge < -0.3 is 10.5 Å². The minimum Gasteiger partial charge on any atom is -0.462 e. The standard InChI is InChI=1S/C15H15Cl2NO2S/c1-3-9-12(18)14(15(19)20-4-2)21-13(9)10-6-5-8(16)7-11(10)17/h5-7H,3-4,18H2,1-2H3. The fourth-order valence-electron chi connectivity index (χ4n) is 2.07. The number of esters is 1. The van der Waals surface area contributed by atoms with Crippen LogP contribution in [0, 0.1) is 0 Å². The number of anilines is 1. The minimum absolute atomic E-state index is 0.314. The SMILES string of the molecule is CCOC(=O)c1sc(-c2ccc(Cl)cc2Cl)c(CC)c1N. The largest absolute Gasteiger partial charge is 0.462 e. The molecular formula is C15H15Cl2NO2S. The number of nitrogens with two attached hydrogens (primary N) is 1. The summed E-state index contributed by atoms with van der Waals surface area (Å²) in [5.74, 6) is -0.397. The molecule has 21 heavy (non-hydrogen) atoms. The third-order valence-electron chi connectivity index (χ3n) is 3.04. The molecule has 0 fully saturated rings. The van der Waals surface area contributed by atoms with Crippen molar-refractivity contribution >= 4 is 46.2 Å². The van der Waals surface area contributed by atoms with Crippen molar-refractivity contribution in [3.8, 4) is 10.4 Å². The summed E-state index contributed by atoms with van der Waals surface area (Å²) < 4.78 is 5.04. The summed E-state index contributed by atoms with van der Waals surface area (Å²) in [6, 6.07) is 5.28. The zero-order chi connectivity index (χ0) is 15.6. The molecule has 2 rings (SSSR count). The highest BCUT2D eigenvalue weighted by Crippen LogP contribution is 2.42. The van der Waals surface area contributed by atoms with Crippen molar-refractivity contribution in [1.82, 2.24) is 0 Å². The predicted molar refractivity (Wildman–Crippen MR) is 89.5 cm³/mol. The average molecular weight is 344 g/mol. The smallest absolute Gasteiger partial charge is 0.350 e. The van der Waals surface area contributed by atoms with E-state index in [0.29, 0.717) is 33.6 Å². The van der Waals surface area contributed by atoms with Crippen LogP contribution in [0.3, 0.4) is 0 Å². The van der Waals surface area contributed by atoms with Gasteiger partial charge in [-0.15, -0.1) is 11.3 Å². The summed E-state index contributed by atoms with van der Waals surface area (Å²) in [5.41, 5.74) is 8.31. The van der Waals surface area contributed by atoms with Crippen molar-refractivity contribution in [2.75, 3.05) is 12.3 Å². The number of ether oxygens (including phenoxy) is 1. The second-order valence-corrected chi connectivity index (χ2v) is 6.21. The van der Waals surface area contributed by atoms with Crippen molar-refractivity contribution in [3.05, 3.63) is 38.7 Å². The molecule has 3 nitrogen and oxygen atoms in total. The van der Waals surface area contributed by atoms with Crippen molar-refractivity contribution in [2.45, 2.75) is 20.3 Å². The van der Waals surface area contributed by atoms with E-state index in [0.717, 1.165) is 16.0 Å². The number of thiophene rings is 1. The lowest BCUT2D eigenvalue weighted by Gasteiger charge is -2.05. The Labute approximate surface area is 137 Å². The number of carbonyl (C=O) groups excluding carboxylic acids is 1. The van der Waals surface area contributed by atoms with E-state index in [1.807, 2.05) is 13.0 Å². The Balaban J connectivity index is 2.58. The van der Waals surface area contributed by atoms with Gasteiger partial charge in [-0.1, -0.05) is 36.2 Å². The molecule has 1 aromatic heterocycles. The van der Waals surface area contributed by atoms with Gasteiger partial charge in [0.25, 0.3) is 0 Å². The van der Waals surface area contributed by atoms with E-state index in [4.69, 9.17) is 33.7 Å². The fraction of sp³-hybridized carbons (Fsp3) is 0.267. The molecule has 6 heteroatoms. The Morgan fingerprint density at radius 2 is 2.05 bits per heavy atom. The zero-order valence-electron chi connectivity index (χ0n) is 11.7. The van der Waals surface area contributed by atoms with E-state index in [1.165, 1.54) is 11.3 Å². The number of nitrogen functional groups attached to an aromatic ring is 1. The first kappa shape index (κ1) is 16.1. The molecule has 2 N–H and O–H groups in total. The second-order valence-electron chi connectivity index (χ2n) is 4.35. The summed E-state index contributed by atoms with van der Waals surface area (Å²) in [7, 11) is 0. The minimum atomic E-state index is -0.397. The Hall–Kier alpha value is -1.23.